The number of thiophene rings is 1. The molecule has 0 aliphatic rings. The van der Waals surface area contributed by atoms with Crippen LogP contribution in [0.1, 0.15) is 38.5 Å². The third-order valence-electron chi connectivity index (χ3n) is 2.82. The predicted octanol–water partition coefficient (Wildman–Crippen LogP) is 2.57. The second-order valence-corrected chi connectivity index (χ2v) is 7.98. The van der Waals surface area contributed by atoms with Crippen LogP contribution in [-0.4, -0.2) is 21.5 Å². The fraction of sp³-hybridized carbons (Fsp3) is 0.692. The number of hydrogen-bond acceptors (Lipinski definition) is 4. The summed E-state index contributed by atoms with van der Waals surface area (Å²) < 4.78 is 27.1. The average Bonchev–Trinajstić information content (AvgIpc) is 2.76. The zero-order valence-corrected chi connectivity index (χ0v) is 13.7. The Hall–Kier alpha value is -0.430. The Morgan fingerprint density at radius 2 is 1.95 bits per heavy atom. The average molecular weight is 304 g/mol. The number of sulfonamides is 1. The highest BCUT2D eigenvalue weighted by molar-refractivity contribution is 7.89. The maximum absolute atomic E-state index is 12.2. The lowest BCUT2D eigenvalue weighted by molar-refractivity contribution is 0.485. The third kappa shape index (κ3) is 5.60. The molecular formula is C13H24N2O2S2. The van der Waals surface area contributed by atoms with Gasteiger partial charge >= 0.3 is 0 Å². The van der Waals surface area contributed by atoms with Gasteiger partial charge in [-0.05, 0) is 38.8 Å². The van der Waals surface area contributed by atoms with Gasteiger partial charge in [0.25, 0.3) is 0 Å². The molecule has 1 heterocycles. The Morgan fingerprint density at radius 1 is 1.26 bits per heavy atom. The molecule has 0 aliphatic heterocycles. The maximum atomic E-state index is 12.2. The van der Waals surface area contributed by atoms with E-state index in [1.54, 1.807) is 11.4 Å². The second kappa shape index (κ2) is 7.38. The van der Waals surface area contributed by atoms with Crippen molar-refractivity contribution >= 4 is 21.4 Å². The smallest absolute Gasteiger partial charge is 0.241 e. The lowest BCUT2D eigenvalue weighted by atomic mass is 10.1. The van der Waals surface area contributed by atoms with E-state index in [0.29, 0.717) is 17.4 Å². The SMILES string of the molecule is CNCc1cc(S(=O)(=O)NC(C)CCC(C)C)cs1. The zero-order valence-electron chi connectivity index (χ0n) is 12.1. The summed E-state index contributed by atoms with van der Waals surface area (Å²) in [7, 11) is -1.52. The third-order valence-corrected chi connectivity index (χ3v) is 5.48. The van der Waals surface area contributed by atoms with E-state index in [1.807, 2.05) is 14.0 Å². The van der Waals surface area contributed by atoms with E-state index < -0.39 is 10.0 Å². The molecule has 0 saturated carbocycles. The van der Waals surface area contributed by atoms with Crippen LogP contribution in [-0.2, 0) is 16.6 Å². The van der Waals surface area contributed by atoms with Gasteiger partial charge in [-0.1, -0.05) is 13.8 Å². The van der Waals surface area contributed by atoms with Gasteiger partial charge in [0.15, 0.2) is 0 Å². The highest BCUT2D eigenvalue weighted by Crippen LogP contribution is 2.20. The highest BCUT2D eigenvalue weighted by atomic mass is 32.2. The van der Waals surface area contributed by atoms with Gasteiger partial charge < -0.3 is 5.32 Å². The molecule has 0 amide bonds. The molecule has 0 fully saturated rings. The van der Waals surface area contributed by atoms with Crippen LogP contribution < -0.4 is 10.0 Å². The van der Waals surface area contributed by atoms with Gasteiger partial charge in [-0.25, -0.2) is 13.1 Å². The molecule has 4 nitrogen and oxygen atoms in total. The first-order valence-corrected chi connectivity index (χ1v) is 8.95. The van der Waals surface area contributed by atoms with E-state index in [9.17, 15) is 8.42 Å². The first-order chi connectivity index (χ1) is 8.85. The van der Waals surface area contributed by atoms with E-state index in [-0.39, 0.29) is 6.04 Å². The quantitative estimate of drug-likeness (QED) is 0.776. The number of nitrogens with one attached hydrogen (secondary N) is 2. The van der Waals surface area contributed by atoms with Crippen molar-refractivity contribution in [3.05, 3.63) is 16.3 Å². The van der Waals surface area contributed by atoms with Crippen molar-refractivity contribution in [1.29, 1.82) is 0 Å². The van der Waals surface area contributed by atoms with Crippen LogP contribution in [0.3, 0.4) is 0 Å². The molecule has 2 N–H and O–H groups in total. The van der Waals surface area contributed by atoms with Crippen molar-refractivity contribution in [3.8, 4) is 0 Å². The molecule has 1 aromatic heterocycles. The van der Waals surface area contributed by atoms with Crippen molar-refractivity contribution in [2.45, 2.75) is 51.1 Å². The van der Waals surface area contributed by atoms with Crippen LogP contribution in [0, 0.1) is 5.92 Å². The summed E-state index contributed by atoms with van der Waals surface area (Å²) in [5.41, 5.74) is 0. The van der Waals surface area contributed by atoms with Crippen molar-refractivity contribution < 1.29 is 8.42 Å². The Morgan fingerprint density at radius 3 is 2.53 bits per heavy atom. The first kappa shape index (κ1) is 16.6. The monoisotopic (exact) mass is 304 g/mol. The second-order valence-electron chi connectivity index (χ2n) is 5.27. The summed E-state index contributed by atoms with van der Waals surface area (Å²) in [5, 5.41) is 4.72. The molecule has 0 radical (unpaired) electrons. The van der Waals surface area contributed by atoms with Gasteiger partial charge in [0, 0.05) is 22.8 Å². The lowest BCUT2D eigenvalue weighted by Crippen LogP contribution is -2.32. The summed E-state index contributed by atoms with van der Waals surface area (Å²) in [6.07, 6.45) is 1.89. The van der Waals surface area contributed by atoms with Gasteiger partial charge in [-0.15, -0.1) is 11.3 Å². The van der Waals surface area contributed by atoms with Crippen LogP contribution >= 0.6 is 11.3 Å². The molecule has 0 aliphatic carbocycles. The standard InChI is InChI=1S/C13H24N2O2S2/c1-10(2)5-6-11(3)15-19(16,17)13-7-12(8-14-4)18-9-13/h7,9-11,14-15H,5-6,8H2,1-4H3. The van der Waals surface area contributed by atoms with Gasteiger partial charge in [-0.2, -0.15) is 0 Å². The molecular weight excluding hydrogens is 280 g/mol. The predicted molar refractivity (Wildman–Crippen MR) is 80.9 cm³/mol. The zero-order chi connectivity index (χ0) is 14.5. The van der Waals surface area contributed by atoms with Crippen molar-refractivity contribution in [3.63, 3.8) is 0 Å². The molecule has 1 atom stereocenters. The van der Waals surface area contributed by atoms with E-state index in [0.717, 1.165) is 17.7 Å². The number of hydrogen-bond donors (Lipinski definition) is 2. The van der Waals surface area contributed by atoms with Crippen molar-refractivity contribution in [1.82, 2.24) is 10.0 Å². The van der Waals surface area contributed by atoms with Crippen molar-refractivity contribution in [2.24, 2.45) is 5.92 Å². The minimum atomic E-state index is -3.37. The molecule has 0 bridgehead atoms. The number of rotatable bonds is 8. The Labute approximate surface area is 120 Å². The van der Waals surface area contributed by atoms with Gasteiger partial charge in [0.05, 0.1) is 4.90 Å². The van der Waals surface area contributed by atoms with Crippen LogP contribution in [0.5, 0.6) is 0 Å². The molecule has 1 unspecified atom stereocenters. The molecule has 6 heteroatoms. The van der Waals surface area contributed by atoms with Crippen molar-refractivity contribution in [2.75, 3.05) is 7.05 Å². The highest BCUT2D eigenvalue weighted by Gasteiger charge is 2.18. The maximum Gasteiger partial charge on any atom is 0.241 e. The molecule has 1 rings (SSSR count). The minimum absolute atomic E-state index is 0.0277. The molecule has 1 aromatic rings. The lowest BCUT2D eigenvalue weighted by Gasteiger charge is -2.14. The largest absolute Gasteiger partial charge is 0.315 e. The Bertz CT molecular complexity index is 481. The summed E-state index contributed by atoms with van der Waals surface area (Å²) in [4.78, 5) is 1.40. The molecule has 0 spiro atoms. The normalized spacial score (nSPS) is 13.9. The Kier molecular flexibility index (Phi) is 6.46. The summed E-state index contributed by atoms with van der Waals surface area (Å²) in [5.74, 6) is 0.593. The fourth-order valence-electron chi connectivity index (χ4n) is 1.74. The van der Waals surface area contributed by atoms with E-state index in [2.05, 4.69) is 23.9 Å². The molecule has 0 aromatic carbocycles. The van der Waals surface area contributed by atoms with Gasteiger partial charge in [0.1, 0.15) is 0 Å². The fourth-order valence-corrected chi connectivity index (χ4v) is 4.31. The van der Waals surface area contributed by atoms with Crippen LogP contribution in [0.15, 0.2) is 16.3 Å². The molecule has 110 valence electrons. The Balaban J connectivity index is 2.64. The van der Waals surface area contributed by atoms with E-state index in [1.165, 1.54) is 11.3 Å². The van der Waals surface area contributed by atoms with Gasteiger partial charge in [0.2, 0.25) is 10.0 Å². The minimum Gasteiger partial charge on any atom is -0.315 e. The van der Waals surface area contributed by atoms with Crippen LogP contribution in [0.2, 0.25) is 0 Å². The molecule has 0 saturated heterocycles. The van der Waals surface area contributed by atoms with E-state index in [4.69, 9.17) is 0 Å². The summed E-state index contributed by atoms with van der Waals surface area (Å²) in [6, 6.07) is 1.71. The summed E-state index contributed by atoms with van der Waals surface area (Å²) in [6.45, 7) is 6.90. The first-order valence-electron chi connectivity index (χ1n) is 6.59. The van der Waals surface area contributed by atoms with Crippen LogP contribution in [0.25, 0.3) is 0 Å². The van der Waals surface area contributed by atoms with E-state index >= 15 is 0 Å². The summed E-state index contributed by atoms with van der Waals surface area (Å²) >= 11 is 1.46. The topological polar surface area (TPSA) is 58.2 Å². The van der Waals surface area contributed by atoms with Gasteiger partial charge in [-0.3, -0.25) is 0 Å². The molecule has 19 heavy (non-hydrogen) atoms. The van der Waals surface area contributed by atoms with Crippen LogP contribution in [0.4, 0.5) is 0 Å².